The van der Waals surface area contributed by atoms with Crippen LogP contribution in [0.15, 0.2) is 72.8 Å². The molecule has 2 aromatic carbocycles. The number of benzene rings is 2. The molecule has 0 spiro atoms. The summed E-state index contributed by atoms with van der Waals surface area (Å²) in [5, 5.41) is 22.1. The second kappa shape index (κ2) is 63.4. The van der Waals surface area contributed by atoms with Crippen molar-refractivity contribution in [3.63, 3.8) is 0 Å². The number of rotatable bonds is 46. The molecule has 0 bridgehead atoms. The van der Waals surface area contributed by atoms with Crippen molar-refractivity contribution in [2.75, 3.05) is 13.2 Å². The standard InChI is InChI=1S/2C26H40O4.2C8H17.Sn/c2*1-2-3-4-5-6-7-8-9-10-11-12-13-14-15-16-19-22-30-26(29)24-21-18-17-20-23(24)25(27)28;2*1-3-5-7-8-6-4-2;/h2*4-5,17-18,20-21H,2-3,6-16,19,22H2,1H3,(H,27,28);2*1,3-8H2,2H3;/q;;;;+2/p-2/b2*5-4+;;;. The number of aromatic carboxylic acids is 2. The van der Waals surface area contributed by atoms with Gasteiger partial charge in [-0.15, -0.1) is 0 Å². The number of carbonyl (C=O) groups is 4. The fourth-order valence-electron chi connectivity index (χ4n) is 8.44. The zero-order valence-corrected chi connectivity index (χ0v) is 52.7. The molecule has 0 saturated heterocycles. The SMILES string of the molecule is CCC/C=C/CCCCCCCCCCCCCOC(=O)c1ccccc1C(=O)[O-].CCC/C=C/CCCCCCCCCCCCCOC(=O)c1ccccc1C(=O)[O-].[CH2]CCCCCCC.[CH2]CCCCCCC.[Sn+2]. The molecular formula is C68H112O8Sn. The van der Waals surface area contributed by atoms with Crippen LogP contribution in [0.2, 0.25) is 0 Å². The van der Waals surface area contributed by atoms with Crippen LogP contribution >= 0.6 is 0 Å². The first kappa shape index (κ1) is 77.8. The number of ether oxygens (including phenoxy) is 2. The zero-order chi connectivity index (χ0) is 56.2. The van der Waals surface area contributed by atoms with Gasteiger partial charge in [-0.2, -0.15) is 0 Å². The molecule has 0 heterocycles. The predicted octanol–water partition coefficient (Wildman–Crippen LogP) is 18.5. The molecule has 0 saturated carbocycles. The Kier molecular flexibility index (Phi) is 64.1. The third kappa shape index (κ3) is 53.0. The van der Waals surface area contributed by atoms with E-state index in [9.17, 15) is 29.4 Å². The Hall–Kier alpha value is -3.40. The maximum absolute atomic E-state index is 12.0. The average Bonchev–Trinajstić information content (AvgIpc) is 3.43. The second-order valence-electron chi connectivity index (χ2n) is 20.3. The maximum atomic E-state index is 12.0. The molecule has 2 rings (SSSR count). The van der Waals surface area contributed by atoms with E-state index in [1.807, 2.05) is 0 Å². The number of carboxylic acids is 2. The van der Waals surface area contributed by atoms with Gasteiger partial charge in [-0.1, -0.05) is 308 Å². The number of unbranched alkanes of at least 4 members (excludes halogenated alkanes) is 34. The summed E-state index contributed by atoms with van der Waals surface area (Å²) in [7, 11) is 0. The predicted molar refractivity (Wildman–Crippen MR) is 324 cm³/mol. The molecule has 2 aromatic rings. The van der Waals surface area contributed by atoms with Crippen LogP contribution in [0.3, 0.4) is 0 Å². The number of hydrogen-bond acceptors (Lipinski definition) is 8. The van der Waals surface area contributed by atoms with E-state index in [1.54, 1.807) is 24.3 Å². The topological polar surface area (TPSA) is 133 Å². The summed E-state index contributed by atoms with van der Waals surface area (Å²) < 4.78 is 10.4. The van der Waals surface area contributed by atoms with E-state index in [0.29, 0.717) is 13.2 Å². The maximum Gasteiger partial charge on any atom is 2.00 e. The average molecular weight is 1180 g/mol. The molecule has 0 fully saturated rings. The van der Waals surface area contributed by atoms with Crippen LogP contribution in [0.1, 0.15) is 326 Å². The summed E-state index contributed by atoms with van der Waals surface area (Å²) in [5.74, 6) is -3.90. The van der Waals surface area contributed by atoms with E-state index in [-0.39, 0.29) is 46.2 Å². The molecule has 77 heavy (non-hydrogen) atoms. The Balaban J connectivity index is -0.00000109. The molecule has 0 aromatic heterocycles. The van der Waals surface area contributed by atoms with Crippen LogP contribution < -0.4 is 10.2 Å². The van der Waals surface area contributed by atoms with Gasteiger partial charge in [-0.05, 0) is 63.5 Å². The number of esters is 2. The van der Waals surface area contributed by atoms with Crippen LogP contribution in [0.25, 0.3) is 0 Å². The second-order valence-corrected chi connectivity index (χ2v) is 20.3. The van der Waals surface area contributed by atoms with Crippen molar-refractivity contribution in [1.82, 2.24) is 0 Å². The first-order chi connectivity index (χ1) is 37.2. The van der Waals surface area contributed by atoms with Gasteiger partial charge in [0, 0.05) is 11.1 Å². The summed E-state index contributed by atoms with van der Waals surface area (Å²) in [4.78, 5) is 46.1. The molecule has 0 aliphatic carbocycles. The van der Waals surface area contributed by atoms with Crippen LogP contribution in [-0.4, -0.2) is 61.0 Å². The quantitative estimate of drug-likeness (QED) is 0.0277. The first-order valence-corrected chi connectivity index (χ1v) is 31.0. The summed E-state index contributed by atoms with van der Waals surface area (Å²) >= 11 is 0. The molecule has 0 unspecified atom stereocenters. The molecule has 0 atom stereocenters. The molecule has 0 N–H and O–H groups in total. The monoisotopic (exact) mass is 1180 g/mol. The molecule has 8 nitrogen and oxygen atoms in total. The Morgan fingerprint density at radius 2 is 0.597 bits per heavy atom. The van der Waals surface area contributed by atoms with Gasteiger partial charge in [0.2, 0.25) is 0 Å². The summed E-state index contributed by atoms with van der Waals surface area (Å²) in [6, 6.07) is 12.0. The van der Waals surface area contributed by atoms with E-state index in [0.717, 1.165) is 51.4 Å². The summed E-state index contributed by atoms with van der Waals surface area (Å²) in [6.07, 6.45) is 59.6. The molecule has 436 valence electrons. The Morgan fingerprint density at radius 3 is 0.870 bits per heavy atom. The van der Waals surface area contributed by atoms with E-state index in [1.165, 1.54) is 230 Å². The fourth-order valence-corrected chi connectivity index (χ4v) is 8.44. The van der Waals surface area contributed by atoms with Crippen molar-refractivity contribution in [3.05, 3.63) is 109 Å². The van der Waals surface area contributed by atoms with Crippen LogP contribution in [-0.2, 0) is 9.47 Å². The Morgan fingerprint density at radius 1 is 0.351 bits per heavy atom. The fraction of sp³-hybridized carbons (Fsp3) is 0.676. The van der Waals surface area contributed by atoms with Crippen molar-refractivity contribution < 1.29 is 38.9 Å². The number of carbonyl (C=O) groups excluding carboxylic acids is 4. The van der Waals surface area contributed by atoms with Crippen molar-refractivity contribution in [2.24, 2.45) is 0 Å². The van der Waals surface area contributed by atoms with E-state index < -0.39 is 23.9 Å². The minimum absolute atomic E-state index is 0. The summed E-state index contributed by atoms with van der Waals surface area (Å²) in [6.45, 7) is 17.1. The number of hydrogen-bond donors (Lipinski definition) is 0. The molecule has 0 aliphatic heterocycles. The van der Waals surface area contributed by atoms with Crippen molar-refractivity contribution >= 4 is 47.8 Å². The van der Waals surface area contributed by atoms with Gasteiger partial charge in [0.1, 0.15) is 0 Å². The Bertz CT molecular complexity index is 1540. The van der Waals surface area contributed by atoms with Gasteiger partial charge in [0.25, 0.3) is 0 Å². The largest absolute Gasteiger partial charge is 2.00 e. The van der Waals surface area contributed by atoms with Crippen molar-refractivity contribution in [1.29, 1.82) is 0 Å². The molecule has 0 amide bonds. The number of carboxylic acid groups (broad SMARTS) is 2. The minimum Gasteiger partial charge on any atom is -0.545 e. The van der Waals surface area contributed by atoms with Gasteiger partial charge in [-0.25, -0.2) is 9.59 Å². The van der Waals surface area contributed by atoms with Crippen molar-refractivity contribution in [2.45, 2.75) is 285 Å². The summed E-state index contributed by atoms with van der Waals surface area (Å²) in [5.41, 5.74) is -0.117. The normalized spacial score (nSPS) is 10.7. The molecule has 9 heteroatoms. The van der Waals surface area contributed by atoms with E-state index >= 15 is 0 Å². The third-order valence-corrected chi connectivity index (χ3v) is 13.2. The van der Waals surface area contributed by atoms with Gasteiger partial charge in [0.05, 0.1) is 36.3 Å². The smallest absolute Gasteiger partial charge is 0.545 e. The molecule has 4 radical (unpaired) electrons. The van der Waals surface area contributed by atoms with E-state index in [2.05, 4.69) is 65.8 Å². The Labute approximate surface area is 490 Å². The molecule has 0 aliphatic rings. The minimum atomic E-state index is -1.36. The van der Waals surface area contributed by atoms with Gasteiger partial charge in [0.15, 0.2) is 0 Å². The van der Waals surface area contributed by atoms with E-state index in [4.69, 9.17) is 9.47 Å². The van der Waals surface area contributed by atoms with Crippen LogP contribution in [0.5, 0.6) is 0 Å². The number of allylic oxidation sites excluding steroid dienone is 4. The molecular weight excluding hydrogens is 1060 g/mol. The van der Waals surface area contributed by atoms with Gasteiger partial charge in [-0.3, -0.25) is 0 Å². The zero-order valence-electron chi connectivity index (χ0n) is 49.8. The van der Waals surface area contributed by atoms with Crippen LogP contribution in [0.4, 0.5) is 0 Å². The first-order valence-electron chi connectivity index (χ1n) is 31.0. The third-order valence-electron chi connectivity index (χ3n) is 13.2. The van der Waals surface area contributed by atoms with Gasteiger partial charge < -0.3 is 29.3 Å². The van der Waals surface area contributed by atoms with Gasteiger partial charge >= 0.3 is 35.8 Å². The van der Waals surface area contributed by atoms with Crippen LogP contribution in [0, 0.1) is 13.8 Å². The van der Waals surface area contributed by atoms with Crippen molar-refractivity contribution in [3.8, 4) is 0 Å².